The van der Waals surface area contributed by atoms with Crippen LogP contribution >= 0.6 is 22.9 Å². The Labute approximate surface area is 147 Å². The van der Waals surface area contributed by atoms with Gasteiger partial charge in [0.1, 0.15) is 5.75 Å². The highest BCUT2D eigenvalue weighted by atomic mass is 35.5. The molecule has 124 valence electrons. The second-order valence-electron chi connectivity index (χ2n) is 5.95. The number of methoxy groups -OCH3 is 1. The van der Waals surface area contributed by atoms with Crippen molar-refractivity contribution in [1.82, 2.24) is 10.2 Å². The van der Waals surface area contributed by atoms with Crippen LogP contribution in [-0.4, -0.2) is 38.2 Å². The summed E-state index contributed by atoms with van der Waals surface area (Å²) in [5, 5.41) is 6.46. The van der Waals surface area contributed by atoms with E-state index in [1.165, 1.54) is 10.4 Å². The van der Waals surface area contributed by atoms with E-state index in [1.54, 1.807) is 7.11 Å². The number of rotatable bonds is 4. The Morgan fingerprint density at radius 2 is 2.13 bits per heavy atom. The van der Waals surface area contributed by atoms with Gasteiger partial charge in [-0.05, 0) is 55.1 Å². The number of ether oxygens (including phenoxy) is 1. The smallest absolute Gasteiger partial charge is 0.124 e. The lowest BCUT2D eigenvalue weighted by molar-refractivity contribution is 0.239. The van der Waals surface area contributed by atoms with Gasteiger partial charge in [-0.3, -0.25) is 4.90 Å². The molecule has 1 aromatic heterocycles. The molecule has 1 N–H and O–H groups in total. The summed E-state index contributed by atoms with van der Waals surface area (Å²) >= 11 is 8.12. The van der Waals surface area contributed by atoms with Crippen LogP contribution in [0.5, 0.6) is 5.75 Å². The third kappa shape index (κ3) is 3.89. The summed E-state index contributed by atoms with van der Waals surface area (Å²) in [5.41, 5.74) is 2.47. The Morgan fingerprint density at radius 1 is 1.26 bits per heavy atom. The molecule has 2 aromatic rings. The largest absolute Gasteiger partial charge is 0.496 e. The Bertz CT molecular complexity index is 650. The Morgan fingerprint density at radius 3 is 2.87 bits per heavy atom. The van der Waals surface area contributed by atoms with E-state index in [-0.39, 0.29) is 6.04 Å². The van der Waals surface area contributed by atoms with Crippen LogP contribution in [0.25, 0.3) is 0 Å². The van der Waals surface area contributed by atoms with Crippen LogP contribution in [0.3, 0.4) is 0 Å². The van der Waals surface area contributed by atoms with Crippen molar-refractivity contribution in [3.05, 3.63) is 50.7 Å². The van der Waals surface area contributed by atoms with Crippen LogP contribution < -0.4 is 10.1 Å². The zero-order valence-electron chi connectivity index (χ0n) is 13.6. The van der Waals surface area contributed by atoms with Crippen LogP contribution in [0, 0.1) is 6.92 Å². The number of nitrogens with one attached hydrogen (secondary N) is 1. The van der Waals surface area contributed by atoms with Crippen molar-refractivity contribution >= 4 is 22.9 Å². The normalized spacial score (nSPS) is 17.7. The van der Waals surface area contributed by atoms with Crippen molar-refractivity contribution in [2.75, 3.05) is 33.3 Å². The molecule has 5 heteroatoms. The summed E-state index contributed by atoms with van der Waals surface area (Å²) in [6, 6.07) is 8.40. The topological polar surface area (TPSA) is 24.5 Å². The van der Waals surface area contributed by atoms with Crippen molar-refractivity contribution in [3.63, 3.8) is 0 Å². The quantitative estimate of drug-likeness (QED) is 0.898. The van der Waals surface area contributed by atoms with Gasteiger partial charge in [0.25, 0.3) is 0 Å². The maximum absolute atomic E-state index is 6.30. The van der Waals surface area contributed by atoms with Gasteiger partial charge in [0.15, 0.2) is 0 Å². The van der Waals surface area contributed by atoms with Crippen molar-refractivity contribution in [2.24, 2.45) is 0 Å². The number of nitrogens with zero attached hydrogens (tertiary/aromatic N) is 1. The van der Waals surface area contributed by atoms with Crippen molar-refractivity contribution in [2.45, 2.75) is 19.4 Å². The summed E-state index contributed by atoms with van der Waals surface area (Å²) in [6.45, 7) is 6.35. The summed E-state index contributed by atoms with van der Waals surface area (Å²) < 4.78 is 5.64. The first-order valence-electron chi connectivity index (χ1n) is 8.02. The predicted octanol–water partition coefficient (Wildman–Crippen LogP) is 4.10. The fraction of sp³-hybridized carbons (Fsp3) is 0.444. The zero-order chi connectivity index (χ0) is 16.2. The summed E-state index contributed by atoms with van der Waals surface area (Å²) in [4.78, 5) is 3.89. The number of hydrogen-bond donors (Lipinski definition) is 1. The van der Waals surface area contributed by atoms with Crippen LogP contribution in [0.4, 0.5) is 0 Å². The fourth-order valence-corrected chi connectivity index (χ4v) is 4.40. The van der Waals surface area contributed by atoms with E-state index in [4.69, 9.17) is 16.3 Å². The van der Waals surface area contributed by atoms with Gasteiger partial charge in [-0.1, -0.05) is 11.6 Å². The van der Waals surface area contributed by atoms with Gasteiger partial charge in [0.2, 0.25) is 0 Å². The molecule has 1 aliphatic heterocycles. The fourth-order valence-electron chi connectivity index (χ4n) is 3.17. The van der Waals surface area contributed by atoms with Crippen LogP contribution in [0.2, 0.25) is 5.02 Å². The van der Waals surface area contributed by atoms with Crippen LogP contribution in [0.1, 0.15) is 28.5 Å². The van der Waals surface area contributed by atoms with Gasteiger partial charge in [0, 0.05) is 35.1 Å². The molecule has 3 rings (SSSR count). The Kier molecular flexibility index (Phi) is 5.59. The Balaban J connectivity index is 2.05. The van der Waals surface area contributed by atoms with Gasteiger partial charge in [-0.25, -0.2) is 0 Å². The van der Waals surface area contributed by atoms with E-state index in [2.05, 4.69) is 34.7 Å². The second kappa shape index (κ2) is 7.67. The summed E-state index contributed by atoms with van der Waals surface area (Å²) in [6.07, 6.45) is 1.16. The molecule has 3 nitrogen and oxygen atoms in total. The number of aryl methyl sites for hydroxylation is 1. The van der Waals surface area contributed by atoms with E-state index in [1.807, 2.05) is 23.5 Å². The third-order valence-corrected chi connectivity index (χ3v) is 5.58. The minimum Gasteiger partial charge on any atom is -0.496 e. The molecule has 1 saturated heterocycles. The third-order valence-electron chi connectivity index (χ3n) is 4.25. The monoisotopic (exact) mass is 350 g/mol. The molecular formula is C18H23ClN2OS. The molecule has 0 radical (unpaired) electrons. The van der Waals surface area contributed by atoms with E-state index >= 15 is 0 Å². The molecule has 1 aromatic carbocycles. The number of benzene rings is 1. The lowest BCUT2D eigenvalue weighted by Gasteiger charge is -2.31. The maximum Gasteiger partial charge on any atom is 0.124 e. The predicted molar refractivity (Wildman–Crippen MR) is 98.0 cm³/mol. The van der Waals surface area contributed by atoms with Gasteiger partial charge in [-0.2, -0.15) is 0 Å². The molecule has 23 heavy (non-hydrogen) atoms. The SMILES string of the molecule is COc1ccc(Cl)cc1C(c1cc(C)cs1)N1CCCNCC1. The molecule has 0 bridgehead atoms. The molecular weight excluding hydrogens is 328 g/mol. The zero-order valence-corrected chi connectivity index (χ0v) is 15.2. The first-order valence-corrected chi connectivity index (χ1v) is 9.28. The minimum absolute atomic E-state index is 0.197. The lowest BCUT2D eigenvalue weighted by Crippen LogP contribution is -2.32. The summed E-state index contributed by atoms with van der Waals surface area (Å²) in [7, 11) is 1.73. The standard InChI is InChI=1S/C18H23ClN2OS/c1-13-10-17(23-12-13)18(21-8-3-6-20-7-9-21)15-11-14(19)4-5-16(15)22-2/h4-5,10-12,18,20H,3,6-9H2,1-2H3. The molecule has 1 aliphatic rings. The van der Waals surface area contributed by atoms with E-state index in [9.17, 15) is 0 Å². The van der Waals surface area contributed by atoms with Crippen LogP contribution in [-0.2, 0) is 0 Å². The molecule has 1 fully saturated rings. The number of thiophene rings is 1. The van der Waals surface area contributed by atoms with Crippen LogP contribution in [0.15, 0.2) is 29.6 Å². The molecule has 0 aliphatic carbocycles. The molecule has 1 atom stereocenters. The number of hydrogen-bond acceptors (Lipinski definition) is 4. The highest BCUT2D eigenvalue weighted by Gasteiger charge is 2.27. The van der Waals surface area contributed by atoms with E-state index in [0.717, 1.165) is 48.9 Å². The first-order chi connectivity index (χ1) is 11.2. The summed E-state index contributed by atoms with van der Waals surface area (Å²) in [5.74, 6) is 0.905. The molecule has 0 spiro atoms. The average Bonchev–Trinajstić information content (AvgIpc) is 2.80. The van der Waals surface area contributed by atoms with Crippen molar-refractivity contribution < 1.29 is 4.74 Å². The molecule has 0 saturated carbocycles. The van der Waals surface area contributed by atoms with Gasteiger partial charge < -0.3 is 10.1 Å². The second-order valence-corrected chi connectivity index (χ2v) is 7.33. The highest BCUT2D eigenvalue weighted by molar-refractivity contribution is 7.10. The van der Waals surface area contributed by atoms with Gasteiger partial charge >= 0.3 is 0 Å². The van der Waals surface area contributed by atoms with E-state index in [0.29, 0.717) is 0 Å². The number of halogens is 1. The molecule has 1 unspecified atom stereocenters. The maximum atomic E-state index is 6.30. The highest BCUT2D eigenvalue weighted by Crippen LogP contribution is 2.39. The minimum atomic E-state index is 0.197. The lowest BCUT2D eigenvalue weighted by atomic mass is 10.0. The molecule has 2 heterocycles. The average molecular weight is 351 g/mol. The van der Waals surface area contributed by atoms with Gasteiger partial charge in [-0.15, -0.1) is 11.3 Å². The van der Waals surface area contributed by atoms with E-state index < -0.39 is 0 Å². The van der Waals surface area contributed by atoms with Gasteiger partial charge in [0.05, 0.1) is 13.2 Å². The first kappa shape index (κ1) is 16.8. The van der Waals surface area contributed by atoms with Crippen molar-refractivity contribution in [1.29, 1.82) is 0 Å². The Hall–Kier alpha value is -1.07. The van der Waals surface area contributed by atoms with Crippen molar-refractivity contribution in [3.8, 4) is 5.75 Å². The molecule has 0 amide bonds.